The predicted molar refractivity (Wildman–Crippen MR) is 63.7 cm³/mol. The molecule has 0 N–H and O–H groups in total. The molecule has 0 aliphatic rings. The molecule has 2 nitrogen and oxygen atoms in total. The van der Waals surface area contributed by atoms with E-state index in [1.165, 1.54) is 6.42 Å². The van der Waals surface area contributed by atoms with Gasteiger partial charge in [-0.15, -0.1) is 0 Å². The molecular formula is C13H26O2. The van der Waals surface area contributed by atoms with Crippen molar-refractivity contribution in [2.24, 2.45) is 17.8 Å². The zero-order valence-electron chi connectivity index (χ0n) is 10.9. The number of carbonyl (C=O) groups is 1. The van der Waals surface area contributed by atoms with Crippen molar-refractivity contribution < 1.29 is 9.53 Å². The standard InChI is InChI=1S/C13H26O2/c1-6-15-13(14)9-12(11(4)5)8-7-10(2)3/h10-12H,6-9H2,1-5H3. The number of rotatable bonds is 7. The summed E-state index contributed by atoms with van der Waals surface area (Å²) in [7, 11) is 0. The molecule has 0 radical (unpaired) electrons. The van der Waals surface area contributed by atoms with Gasteiger partial charge >= 0.3 is 5.97 Å². The molecule has 0 fully saturated rings. The predicted octanol–water partition coefficient (Wildman–Crippen LogP) is 3.65. The summed E-state index contributed by atoms with van der Waals surface area (Å²) in [6, 6.07) is 0. The maximum absolute atomic E-state index is 11.4. The van der Waals surface area contributed by atoms with Gasteiger partial charge in [-0.05, 0) is 31.1 Å². The lowest BCUT2D eigenvalue weighted by Gasteiger charge is -2.20. The third kappa shape index (κ3) is 7.40. The normalized spacial score (nSPS) is 13.3. The second kappa shape index (κ2) is 7.72. The zero-order chi connectivity index (χ0) is 11.8. The van der Waals surface area contributed by atoms with Crippen LogP contribution >= 0.6 is 0 Å². The molecule has 0 aromatic carbocycles. The van der Waals surface area contributed by atoms with E-state index in [1.807, 2.05) is 6.92 Å². The molecule has 0 saturated heterocycles. The minimum Gasteiger partial charge on any atom is -0.466 e. The Morgan fingerprint density at radius 2 is 1.73 bits per heavy atom. The Kier molecular flexibility index (Phi) is 7.45. The van der Waals surface area contributed by atoms with E-state index in [2.05, 4.69) is 27.7 Å². The lowest BCUT2D eigenvalue weighted by Crippen LogP contribution is -2.17. The molecule has 90 valence electrons. The van der Waals surface area contributed by atoms with Gasteiger partial charge in [0.1, 0.15) is 0 Å². The van der Waals surface area contributed by atoms with Crippen LogP contribution in [0.1, 0.15) is 53.9 Å². The van der Waals surface area contributed by atoms with Crippen molar-refractivity contribution in [3.8, 4) is 0 Å². The van der Waals surface area contributed by atoms with Gasteiger partial charge in [-0.3, -0.25) is 4.79 Å². The number of ether oxygens (including phenoxy) is 1. The molecule has 0 heterocycles. The van der Waals surface area contributed by atoms with E-state index >= 15 is 0 Å². The second-order valence-corrected chi connectivity index (χ2v) is 4.98. The van der Waals surface area contributed by atoms with Crippen LogP contribution in [0.2, 0.25) is 0 Å². The van der Waals surface area contributed by atoms with Gasteiger partial charge in [-0.1, -0.05) is 34.1 Å². The summed E-state index contributed by atoms with van der Waals surface area (Å²) < 4.78 is 4.99. The SMILES string of the molecule is CCOC(=O)CC(CCC(C)C)C(C)C. The highest BCUT2D eigenvalue weighted by Gasteiger charge is 2.18. The Morgan fingerprint density at radius 3 is 2.13 bits per heavy atom. The Balaban J connectivity index is 3.98. The van der Waals surface area contributed by atoms with E-state index in [-0.39, 0.29) is 5.97 Å². The lowest BCUT2D eigenvalue weighted by atomic mass is 9.86. The largest absolute Gasteiger partial charge is 0.466 e. The van der Waals surface area contributed by atoms with E-state index in [0.717, 1.165) is 6.42 Å². The van der Waals surface area contributed by atoms with Crippen LogP contribution in [0.3, 0.4) is 0 Å². The summed E-state index contributed by atoms with van der Waals surface area (Å²) in [5, 5.41) is 0. The molecule has 0 aliphatic carbocycles. The molecule has 2 heteroatoms. The molecule has 1 atom stereocenters. The van der Waals surface area contributed by atoms with Crippen LogP contribution in [0.4, 0.5) is 0 Å². The van der Waals surface area contributed by atoms with Crippen molar-refractivity contribution in [3.05, 3.63) is 0 Å². The van der Waals surface area contributed by atoms with Crippen LogP contribution < -0.4 is 0 Å². The molecule has 0 bridgehead atoms. The van der Waals surface area contributed by atoms with Crippen LogP contribution in [0, 0.1) is 17.8 Å². The Bertz CT molecular complexity index is 173. The lowest BCUT2D eigenvalue weighted by molar-refractivity contribution is -0.144. The minimum absolute atomic E-state index is 0.0417. The molecule has 15 heavy (non-hydrogen) atoms. The molecule has 1 unspecified atom stereocenters. The smallest absolute Gasteiger partial charge is 0.306 e. The van der Waals surface area contributed by atoms with Crippen molar-refractivity contribution in [2.75, 3.05) is 6.61 Å². The van der Waals surface area contributed by atoms with Gasteiger partial charge in [0, 0.05) is 6.42 Å². The molecule has 0 saturated carbocycles. The Morgan fingerprint density at radius 1 is 1.13 bits per heavy atom. The summed E-state index contributed by atoms with van der Waals surface area (Å²) in [6.07, 6.45) is 2.91. The van der Waals surface area contributed by atoms with E-state index < -0.39 is 0 Å². The van der Waals surface area contributed by atoms with Crippen LogP contribution in [0.5, 0.6) is 0 Å². The first kappa shape index (κ1) is 14.5. The van der Waals surface area contributed by atoms with Crippen molar-refractivity contribution in [3.63, 3.8) is 0 Å². The topological polar surface area (TPSA) is 26.3 Å². The van der Waals surface area contributed by atoms with Gasteiger partial charge in [-0.25, -0.2) is 0 Å². The second-order valence-electron chi connectivity index (χ2n) is 4.98. The van der Waals surface area contributed by atoms with Gasteiger partial charge < -0.3 is 4.74 Å². The fourth-order valence-electron chi connectivity index (χ4n) is 1.65. The first-order chi connectivity index (χ1) is 6.97. The van der Waals surface area contributed by atoms with Crippen molar-refractivity contribution in [1.82, 2.24) is 0 Å². The summed E-state index contributed by atoms with van der Waals surface area (Å²) in [5.74, 6) is 1.72. The maximum Gasteiger partial charge on any atom is 0.306 e. The van der Waals surface area contributed by atoms with E-state index in [0.29, 0.717) is 30.8 Å². The first-order valence-electron chi connectivity index (χ1n) is 6.13. The van der Waals surface area contributed by atoms with E-state index in [4.69, 9.17) is 4.74 Å². The highest BCUT2D eigenvalue weighted by molar-refractivity contribution is 5.69. The van der Waals surface area contributed by atoms with Crippen LogP contribution in [0.15, 0.2) is 0 Å². The summed E-state index contributed by atoms with van der Waals surface area (Å²) >= 11 is 0. The molecule has 0 spiro atoms. The van der Waals surface area contributed by atoms with Crippen molar-refractivity contribution >= 4 is 5.97 Å². The monoisotopic (exact) mass is 214 g/mol. The fourth-order valence-corrected chi connectivity index (χ4v) is 1.65. The quantitative estimate of drug-likeness (QED) is 0.605. The number of hydrogen-bond donors (Lipinski definition) is 0. The van der Waals surface area contributed by atoms with Crippen LogP contribution in [-0.4, -0.2) is 12.6 Å². The van der Waals surface area contributed by atoms with E-state index in [9.17, 15) is 4.79 Å². The third-order valence-corrected chi connectivity index (χ3v) is 2.79. The van der Waals surface area contributed by atoms with E-state index in [1.54, 1.807) is 0 Å². The van der Waals surface area contributed by atoms with Crippen LogP contribution in [0.25, 0.3) is 0 Å². The summed E-state index contributed by atoms with van der Waals surface area (Å²) in [4.78, 5) is 11.4. The average Bonchev–Trinajstić information content (AvgIpc) is 2.11. The highest BCUT2D eigenvalue weighted by Crippen LogP contribution is 2.23. The van der Waals surface area contributed by atoms with Gasteiger partial charge in [0.05, 0.1) is 6.61 Å². The molecule has 0 aromatic rings. The maximum atomic E-state index is 11.4. The molecule has 0 rings (SSSR count). The molecular weight excluding hydrogens is 188 g/mol. The third-order valence-electron chi connectivity index (χ3n) is 2.79. The molecule has 0 amide bonds. The number of carbonyl (C=O) groups excluding carboxylic acids is 1. The Hall–Kier alpha value is -0.530. The number of esters is 1. The minimum atomic E-state index is -0.0417. The van der Waals surface area contributed by atoms with Gasteiger partial charge in [0.25, 0.3) is 0 Å². The van der Waals surface area contributed by atoms with Crippen LogP contribution in [-0.2, 0) is 9.53 Å². The van der Waals surface area contributed by atoms with Crippen molar-refractivity contribution in [2.45, 2.75) is 53.9 Å². The Labute approximate surface area is 94.4 Å². The van der Waals surface area contributed by atoms with Gasteiger partial charge in [-0.2, -0.15) is 0 Å². The van der Waals surface area contributed by atoms with Gasteiger partial charge in [0.2, 0.25) is 0 Å². The highest BCUT2D eigenvalue weighted by atomic mass is 16.5. The molecule has 0 aromatic heterocycles. The first-order valence-corrected chi connectivity index (χ1v) is 6.13. The summed E-state index contributed by atoms with van der Waals surface area (Å²) in [5.41, 5.74) is 0. The average molecular weight is 214 g/mol. The fraction of sp³-hybridized carbons (Fsp3) is 0.923. The number of hydrogen-bond acceptors (Lipinski definition) is 2. The summed E-state index contributed by atoms with van der Waals surface area (Å²) in [6.45, 7) is 11.2. The zero-order valence-corrected chi connectivity index (χ0v) is 10.9. The molecule has 0 aliphatic heterocycles. The van der Waals surface area contributed by atoms with Gasteiger partial charge in [0.15, 0.2) is 0 Å². The van der Waals surface area contributed by atoms with Crippen molar-refractivity contribution in [1.29, 1.82) is 0 Å².